The second-order valence-corrected chi connectivity index (χ2v) is 7.10. The minimum Gasteiger partial charge on any atom is -0.383 e. The Morgan fingerprint density at radius 1 is 1.07 bits per heavy atom. The van der Waals surface area contributed by atoms with E-state index in [1.165, 1.54) is 12.1 Å². The molecule has 0 amide bonds. The first-order valence-electron chi connectivity index (χ1n) is 7.44. The van der Waals surface area contributed by atoms with Crippen molar-refractivity contribution in [2.45, 2.75) is 13.0 Å². The first-order valence-corrected chi connectivity index (χ1v) is 9.03. The van der Waals surface area contributed by atoms with Crippen LogP contribution in [-0.2, 0) is 4.74 Å². The number of ether oxygens (including phenoxy) is 1. The minimum atomic E-state index is -0.829. The van der Waals surface area contributed by atoms with Gasteiger partial charge in [0, 0.05) is 34.2 Å². The molecule has 0 fully saturated rings. The van der Waals surface area contributed by atoms with Gasteiger partial charge in [0.05, 0.1) is 16.5 Å². The molecule has 0 aliphatic rings. The Balaban J connectivity index is 0.000000289. The summed E-state index contributed by atoms with van der Waals surface area (Å²) in [6.45, 7) is 2.39. The zero-order valence-electron chi connectivity index (χ0n) is 14.3. The Morgan fingerprint density at radius 2 is 1.59 bits per heavy atom. The monoisotopic (exact) mass is 507 g/mol. The summed E-state index contributed by atoms with van der Waals surface area (Å²) in [6.07, 6.45) is 0. The van der Waals surface area contributed by atoms with Gasteiger partial charge in [0.15, 0.2) is 0 Å². The van der Waals surface area contributed by atoms with Crippen molar-refractivity contribution in [1.82, 2.24) is 0 Å². The highest BCUT2D eigenvalue weighted by atomic mass is 79.9. The van der Waals surface area contributed by atoms with Gasteiger partial charge in [-0.2, -0.15) is 4.39 Å². The number of rotatable bonds is 6. The van der Waals surface area contributed by atoms with Crippen molar-refractivity contribution in [3.63, 3.8) is 0 Å². The summed E-state index contributed by atoms with van der Waals surface area (Å²) in [7, 11) is 1.59. The van der Waals surface area contributed by atoms with Crippen LogP contribution in [0.15, 0.2) is 45.3 Å². The maximum Gasteiger partial charge on any atom is 0.304 e. The highest BCUT2D eigenvalue weighted by Gasteiger charge is 2.15. The highest BCUT2D eigenvalue weighted by Crippen LogP contribution is 2.28. The summed E-state index contributed by atoms with van der Waals surface area (Å²) in [5.41, 5.74) is 0.0447. The van der Waals surface area contributed by atoms with Crippen molar-refractivity contribution < 1.29 is 19.0 Å². The number of benzene rings is 2. The van der Waals surface area contributed by atoms with Crippen LogP contribution in [0.5, 0.6) is 0 Å². The van der Waals surface area contributed by atoms with Crippen molar-refractivity contribution in [1.29, 1.82) is 0 Å². The lowest BCUT2D eigenvalue weighted by molar-refractivity contribution is -0.387. The fourth-order valence-corrected chi connectivity index (χ4v) is 2.66. The number of hydrogen-bond acceptors (Lipinski definition) is 6. The zero-order valence-corrected chi connectivity index (χ0v) is 17.5. The molecule has 8 nitrogen and oxygen atoms in total. The number of nitro groups is 2. The minimum absolute atomic E-state index is 0.0120. The Labute approximate surface area is 171 Å². The zero-order chi connectivity index (χ0) is 20.6. The molecule has 146 valence electrons. The van der Waals surface area contributed by atoms with Gasteiger partial charge < -0.3 is 10.1 Å². The molecule has 1 atom stereocenters. The number of nitrogens with one attached hydrogen (secondary N) is 1. The number of hydrogen-bond donors (Lipinski definition) is 1. The first-order chi connectivity index (χ1) is 12.6. The lowest BCUT2D eigenvalue weighted by Crippen LogP contribution is -2.21. The summed E-state index contributed by atoms with van der Waals surface area (Å²) in [5, 5.41) is 23.9. The lowest BCUT2D eigenvalue weighted by Gasteiger charge is -2.14. The number of nitro benzene ring substituents is 2. The Morgan fingerprint density at radius 3 is 2.07 bits per heavy atom. The SMILES string of the molecule is COC[C@H](C)Nc1cc(Br)ccc1[N+](=O)[O-].O=[N+]([O-])c1ccc(Br)cc1F. The van der Waals surface area contributed by atoms with Gasteiger partial charge in [-0.3, -0.25) is 20.2 Å². The predicted octanol–water partition coefficient (Wildman–Crippen LogP) is 5.30. The van der Waals surface area contributed by atoms with E-state index < -0.39 is 21.4 Å². The Kier molecular flexibility index (Phi) is 9.26. The van der Waals surface area contributed by atoms with Crippen LogP contribution in [0.2, 0.25) is 0 Å². The molecular formula is C16H16Br2FN3O5. The summed E-state index contributed by atoms with van der Waals surface area (Å²) < 4.78 is 18.9. The van der Waals surface area contributed by atoms with Gasteiger partial charge in [0.25, 0.3) is 5.69 Å². The maximum atomic E-state index is 12.6. The van der Waals surface area contributed by atoms with Gasteiger partial charge in [-0.05, 0) is 31.2 Å². The van der Waals surface area contributed by atoms with Crippen LogP contribution in [0.3, 0.4) is 0 Å². The Hall–Kier alpha value is -2.11. The normalized spacial score (nSPS) is 11.1. The molecule has 27 heavy (non-hydrogen) atoms. The van der Waals surface area contributed by atoms with E-state index in [4.69, 9.17) is 4.74 Å². The third-order valence-corrected chi connectivity index (χ3v) is 4.07. The van der Waals surface area contributed by atoms with Gasteiger partial charge in [-0.1, -0.05) is 31.9 Å². The van der Waals surface area contributed by atoms with Gasteiger partial charge >= 0.3 is 5.69 Å². The molecule has 11 heteroatoms. The van der Waals surface area contributed by atoms with Crippen LogP contribution in [0.4, 0.5) is 21.5 Å². The summed E-state index contributed by atoms with van der Waals surface area (Å²) in [4.78, 5) is 19.7. The lowest BCUT2D eigenvalue weighted by atomic mass is 10.2. The molecule has 1 N–H and O–H groups in total. The van der Waals surface area contributed by atoms with E-state index in [2.05, 4.69) is 37.2 Å². The molecule has 2 rings (SSSR count). The predicted molar refractivity (Wildman–Crippen MR) is 107 cm³/mol. The molecule has 0 saturated heterocycles. The highest BCUT2D eigenvalue weighted by molar-refractivity contribution is 9.10. The van der Waals surface area contributed by atoms with E-state index in [-0.39, 0.29) is 11.7 Å². The van der Waals surface area contributed by atoms with Crippen molar-refractivity contribution in [3.05, 3.63) is 71.4 Å². The average molecular weight is 509 g/mol. The molecule has 2 aromatic carbocycles. The molecule has 2 aromatic rings. The van der Waals surface area contributed by atoms with Crippen molar-refractivity contribution in [3.8, 4) is 0 Å². The van der Waals surface area contributed by atoms with Crippen LogP contribution in [0, 0.1) is 26.0 Å². The van der Waals surface area contributed by atoms with Crippen LogP contribution in [0.25, 0.3) is 0 Å². The number of anilines is 1. The third kappa shape index (κ3) is 7.57. The van der Waals surface area contributed by atoms with Crippen LogP contribution < -0.4 is 5.32 Å². The van der Waals surface area contributed by atoms with E-state index in [1.54, 1.807) is 19.2 Å². The Bertz CT molecular complexity index is 823. The second-order valence-electron chi connectivity index (χ2n) is 5.27. The molecule has 0 spiro atoms. The van der Waals surface area contributed by atoms with E-state index in [0.717, 1.165) is 16.6 Å². The third-order valence-electron chi connectivity index (χ3n) is 3.08. The van der Waals surface area contributed by atoms with Gasteiger partial charge in [-0.15, -0.1) is 0 Å². The standard InChI is InChI=1S/C10H13BrN2O3.C6H3BrFNO2/c1-7(6-16-2)12-9-5-8(11)3-4-10(9)13(14)15;7-4-1-2-6(9(10)11)5(8)3-4/h3-5,7,12H,6H2,1-2H3;1-3H/t7-;/m0./s1. The van der Waals surface area contributed by atoms with Gasteiger partial charge in [-0.25, -0.2) is 0 Å². The fraction of sp³-hybridized carbons (Fsp3) is 0.250. The summed E-state index contributed by atoms with van der Waals surface area (Å²) >= 11 is 6.26. The topological polar surface area (TPSA) is 108 Å². The van der Waals surface area contributed by atoms with E-state index >= 15 is 0 Å². The molecular weight excluding hydrogens is 493 g/mol. The van der Waals surface area contributed by atoms with E-state index in [1.807, 2.05) is 6.92 Å². The largest absolute Gasteiger partial charge is 0.383 e. The molecule has 0 unspecified atom stereocenters. The van der Waals surface area contributed by atoms with E-state index in [0.29, 0.717) is 16.8 Å². The molecule has 0 heterocycles. The molecule has 0 aliphatic heterocycles. The fourth-order valence-electron chi connectivity index (χ4n) is 1.97. The van der Waals surface area contributed by atoms with Crippen molar-refractivity contribution in [2.75, 3.05) is 19.0 Å². The first kappa shape index (κ1) is 22.9. The quantitative estimate of drug-likeness (QED) is 0.419. The molecule has 0 radical (unpaired) electrons. The van der Waals surface area contributed by atoms with Crippen LogP contribution in [-0.4, -0.2) is 29.6 Å². The summed E-state index contributed by atoms with van der Waals surface area (Å²) in [5.74, 6) is -0.829. The number of methoxy groups -OCH3 is 1. The smallest absolute Gasteiger partial charge is 0.304 e. The molecule has 0 saturated carbocycles. The number of halogens is 3. The van der Waals surface area contributed by atoms with Gasteiger partial charge in [0.2, 0.25) is 5.82 Å². The molecule has 0 aromatic heterocycles. The molecule has 0 bridgehead atoms. The van der Waals surface area contributed by atoms with Crippen molar-refractivity contribution in [2.24, 2.45) is 0 Å². The molecule has 0 aliphatic carbocycles. The van der Waals surface area contributed by atoms with Crippen LogP contribution in [0.1, 0.15) is 6.92 Å². The summed E-state index contributed by atoms with van der Waals surface area (Å²) in [6, 6.07) is 8.39. The van der Waals surface area contributed by atoms with Gasteiger partial charge in [0.1, 0.15) is 5.69 Å². The maximum absolute atomic E-state index is 12.6. The average Bonchev–Trinajstić information content (AvgIpc) is 2.55. The second kappa shape index (κ2) is 10.9. The van der Waals surface area contributed by atoms with Crippen molar-refractivity contribution >= 4 is 48.9 Å². The number of nitrogens with zero attached hydrogens (tertiary/aromatic N) is 2. The van der Waals surface area contributed by atoms with Crippen LogP contribution >= 0.6 is 31.9 Å². The van der Waals surface area contributed by atoms with E-state index in [9.17, 15) is 24.6 Å².